The molecule has 4 bridgehead atoms. The van der Waals surface area contributed by atoms with E-state index in [1.807, 2.05) is 0 Å². The predicted molar refractivity (Wildman–Crippen MR) is 271 cm³/mol. The van der Waals surface area contributed by atoms with E-state index in [1.54, 1.807) is 22.3 Å². The van der Waals surface area contributed by atoms with E-state index in [4.69, 9.17) is 0 Å². The standard InChI is InChI=1S/C62H57BN2/c1-57(2)38-29-31-59(57,5)61(36-38)45-25-15-13-23-42(45)44-33-50-52(34-47(44)61)64(40-19-9-7-10-20-40)53-35-48-54(43-24-14-16-26-46(43)62(48)37-39-30-32-60(62,6)58(39,3)4)56-55(53)63(50)49-27-17-18-28-51(49)65(56)41-21-11-8-12-22-41/h7-28,33-35,38-39H,29-32,36-37H2,1-6H3/t38-,39?,59-,60?,61-,62+/m0/s1. The Balaban J connectivity index is 1.11. The van der Waals surface area contributed by atoms with Crippen molar-refractivity contribution in [1.29, 1.82) is 0 Å². The molecule has 2 unspecified atom stereocenters. The van der Waals surface area contributed by atoms with Gasteiger partial charge in [0.15, 0.2) is 0 Å². The fraction of sp³-hybridized carbons (Fsp3) is 0.323. The Morgan fingerprint density at radius 3 is 1.58 bits per heavy atom. The van der Waals surface area contributed by atoms with Crippen molar-refractivity contribution in [3.63, 3.8) is 0 Å². The van der Waals surface area contributed by atoms with Crippen molar-refractivity contribution in [3.05, 3.63) is 174 Å². The van der Waals surface area contributed by atoms with Crippen LogP contribution in [0.1, 0.15) is 102 Å². The third kappa shape index (κ3) is 3.90. The molecule has 0 saturated heterocycles. The molecule has 0 N–H and O–H groups in total. The maximum atomic E-state index is 2.77. The molecule has 318 valence electrons. The second-order valence-electron chi connectivity index (χ2n) is 23.3. The second kappa shape index (κ2) is 11.8. The van der Waals surface area contributed by atoms with E-state index in [9.17, 15) is 0 Å². The molecular weight excluding hydrogens is 784 g/mol. The molecule has 4 saturated carbocycles. The van der Waals surface area contributed by atoms with Crippen LogP contribution in [0.2, 0.25) is 0 Å². The zero-order chi connectivity index (χ0) is 43.6. The molecule has 0 amide bonds. The molecule has 0 aromatic heterocycles. The summed E-state index contributed by atoms with van der Waals surface area (Å²) in [7, 11) is 0. The fourth-order valence-corrected chi connectivity index (χ4v) is 17.7. The van der Waals surface area contributed by atoms with E-state index in [2.05, 4.69) is 203 Å². The van der Waals surface area contributed by atoms with Gasteiger partial charge in [0.2, 0.25) is 0 Å². The minimum atomic E-state index is -0.0960. The lowest BCUT2D eigenvalue weighted by molar-refractivity contribution is 0.0990. The summed E-state index contributed by atoms with van der Waals surface area (Å²) in [6.45, 7) is 15.9. The number of rotatable bonds is 2. The summed E-state index contributed by atoms with van der Waals surface area (Å²) in [5, 5.41) is 0. The van der Waals surface area contributed by atoms with Gasteiger partial charge in [-0.15, -0.1) is 0 Å². The summed E-state index contributed by atoms with van der Waals surface area (Å²) in [6.07, 6.45) is 7.63. The molecule has 2 spiro atoms. The van der Waals surface area contributed by atoms with Crippen LogP contribution < -0.4 is 26.2 Å². The Morgan fingerprint density at radius 1 is 0.446 bits per heavy atom. The number of para-hydroxylation sites is 3. The van der Waals surface area contributed by atoms with Crippen LogP contribution in [0.15, 0.2) is 152 Å². The molecule has 7 aromatic carbocycles. The molecule has 65 heavy (non-hydrogen) atoms. The highest BCUT2D eigenvalue weighted by Gasteiger charge is 2.73. The summed E-state index contributed by atoms with van der Waals surface area (Å²) in [6, 6.07) is 59.7. The smallest absolute Gasteiger partial charge is 0.252 e. The summed E-state index contributed by atoms with van der Waals surface area (Å²) < 4.78 is 0. The lowest BCUT2D eigenvalue weighted by Gasteiger charge is -2.50. The van der Waals surface area contributed by atoms with Gasteiger partial charge in [-0.2, -0.15) is 0 Å². The number of hydrogen-bond donors (Lipinski definition) is 0. The van der Waals surface area contributed by atoms with Crippen molar-refractivity contribution in [2.24, 2.45) is 33.5 Å². The monoisotopic (exact) mass is 840 g/mol. The van der Waals surface area contributed by atoms with Gasteiger partial charge in [-0.25, -0.2) is 0 Å². The third-order valence-electron chi connectivity index (χ3n) is 21.4. The number of benzene rings is 7. The third-order valence-corrected chi connectivity index (χ3v) is 21.4. The molecule has 7 aromatic rings. The maximum Gasteiger partial charge on any atom is 0.252 e. The lowest BCUT2D eigenvalue weighted by atomic mass is 9.33. The van der Waals surface area contributed by atoms with Gasteiger partial charge in [-0.3, -0.25) is 0 Å². The zero-order valence-corrected chi connectivity index (χ0v) is 38.8. The molecule has 15 rings (SSSR count). The average Bonchev–Trinajstić information content (AvgIpc) is 4.02. The highest BCUT2D eigenvalue weighted by Crippen LogP contribution is 2.80. The van der Waals surface area contributed by atoms with Gasteiger partial charge < -0.3 is 9.80 Å². The predicted octanol–water partition coefficient (Wildman–Crippen LogP) is 14.0. The Kier molecular flexibility index (Phi) is 6.78. The first kappa shape index (κ1) is 37.4. The van der Waals surface area contributed by atoms with Crippen molar-refractivity contribution in [2.75, 3.05) is 9.80 Å². The summed E-state index contributed by atoms with van der Waals surface area (Å²) >= 11 is 0. The molecule has 6 aliphatic carbocycles. The van der Waals surface area contributed by atoms with Crippen molar-refractivity contribution >= 4 is 57.2 Å². The Labute approximate surface area is 385 Å². The number of nitrogens with zero attached hydrogens (tertiary/aromatic N) is 2. The van der Waals surface area contributed by atoms with Crippen LogP contribution in [0.3, 0.4) is 0 Å². The van der Waals surface area contributed by atoms with E-state index >= 15 is 0 Å². The van der Waals surface area contributed by atoms with E-state index in [1.165, 1.54) is 111 Å². The van der Waals surface area contributed by atoms with Gasteiger partial charge in [0, 0.05) is 44.8 Å². The first-order valence-corrected chi connectivity index (χ1v) is 24.9. The van der Waals surface area contributed by atoms with E-state index in [-0.39, 0.29) is 39.2 Å². The van der Waals surface area contributed by atoms with Gasteiger partial charge in [0.05, 0.1) is 5.69 Å². The highest BCUT2D eigenvalue weighted by molar-refractivity contribution is 7.00. The largest absolute Gasteiger partial charge is 0.311 e. The van der Waals surface area contributed by atoms with Crippen LogP contribution in [0, 0.1) is 33.5 Å². The SMILES string of the molecule is CC1(C)C2CCC1(C)[C@]1(C2)c2ccccc2-c2c1cc1c3c2N(c2ccccc2)c2ccccc2B3c2cc3c(cc2N1c1ccccc1)[C@]1(C[C@@H]2CC[C@@]1(C)C2(C)C)c1ccccc1-3. The Hall–Kier alpha value is -5.80. The van der Waals surface area contributed by atoms with Crippen LogP contribution in [-0.4, -0.2) is 6.71 Å². The van der Waals surface area contributed by atoms with Gasteiger partial charge in [0.25, 0.3) is 6.71 Å². The Morgan fingerprint density at radius 2 is 0.969 bits per heavy atom. The molecule has 8 aliphatic rings. The van der Waals surface area contributed by atoms with Gasteiger partial charge >= 0.3 is 0 Å². The topological polar surface area (TPSA) is 6.48 Å². The van der Waals surface area contributed by atoms with Crippen LogP contribution in [0.4, 0.5) is 34.1 Å². The van der Waals surface area contributed by atoms with Gasteiger partial charge in [0.1, 0.15) is 0 Å². The lowest BCUT2D eigenvalue weighted by Crippen LogP contribution is -2.61. The summed E-state index contributed by atoms with van der Waals surface area (Å²) in [5.74, 6) is 1.38. The summed E-state index contributed by atoms with van der Waals surface area (Å²) in [4.78, 5) is 5.43. The van der Waals surface area contributed by atoms with E-state index in [0.29, 0.717) is 11.8 Å². The Bertz CT molecular complexity index is 3260. The molecule has 2 heterocycles. The van der Waals surface area contributed by atoms with Gasteiger partial charge in [-0.05, 0) is 170 Å². The fourth-order valence-electron chi connectivity index (χ4n) is 17.7. The highest BCUT2D eigenvalue weighted by atomic mass is 15.2. The number of anilines is 6. The van der Waals surface area contributed by atoms with Crippen molar-refractivity contribution < 1.29 is 0 Å². The van der Waals surface area contributed by atoms with Crippen molar-refractivity contribution in [2.45, 2.75) is 90.9 Å². The molecule has 4 fully saturated rings. The number of fused-ring (bicyclic) bond motifs is 21. The molecule has 3 heteroatoms. The van der Waals surface area contributed by atoms with E-state index < -0.39 is 0 Å². The average molecular weight is 841 g/mol. The first-order chi connectivity index (χ1) is 31.5. The maximum absolute atomic E-state index is 2.77. The quantitative estimate of drug-likeness (QED) is 0.160. The van der Waals surface area contributed by atoms with Crippen molar-refractivity contribution in [3.8, 4) is 22.3 Å². The molecule has 0 radical (unpaired) electrons. The van der Waals surface area contributed by atoms with Gasteiger partial charge in [-0.1, -0.05) is 151 Å². The molecule has 2 aliphatic heterocycles. The minimum absolute atomic E-state index is 0.0321. The normalized spacial score (nSPS) is 30.0. The molecule has 2 nitrogen and oxygen atoms in total. The minimum Gasteiger partial charge on any atom is -0.311 e. The first-order valence-electron chi connectivity index (χ1n) is 24.9. The van der Waals surface area contributed by atoms with Crippen LogP contribution >= 0.6 is 0 Å². The second-order valence-corrected chi connectivity index (χ2v) is 23.3. The van der Waals surface area contributed by atoms with Crippen LogP contribution in [-0.2, 0) is 10.8 Å². The molecular formula is C62H57BN2. The van der Waals surface area contributed by atoms with Crippen LogP contribution in [0.25, 0.3) is 22.3 Å². The summed E-state index contributed by atoms with van der Waals surface area (Å²) in [5.41, 5.74) is 24.8. The van der Waals surface area contributed by atoms with Crippen LogP contribution in [0.5, 0.6) is 0 Å². The van der Waals surface area contributed by atoms with Crippen molar-refractivity contribution in [1.82, 2.24) is 0 Å². The zero-order valence-electron chi connectivity index (χ0n) is 38.8. The number of hydrogen-bond acceptors (Lipinski definition) is 2. The molecule has 6 atom stereocenters. The van der Waals surface area contributed by atoms with E-state index in [0.717, 1.165) is 0 Å².